The monoisotopic (exact) mass is 312 g/mol. The molecule has 0 aromatic heterocycles. The van der Waals surface area contributed by atoms with Crippen LogP contribution in [0.5, 0.6) is 0 Å². The highest BCUT2D eigenvalue weighted by atomic mass is 16.5. The Kier molecular flexibility index (Phi) is 6.81. The molecular weight excluding hydrogens is 292 g/mol. The molecule has 2 N–H and O–H groups in total. The number of carbonyl (C=O) groups excluding carboxylic acids is 2. The van der Waals surface area contributed by atoms with E-state index in [0.717, 1.165) is 12.0 Å². The third-order valence-corrected chi connectivity index (χ3v) is 3.10. The molecule has 0 bridgehead atoms. The molecule has 0 aliphatic carbocycles. The molecule has 2 aromatic carbocycles. The average Bonchev–Trinajstić information content (AvgIpc) is 2.57. The minimum atomic E-state index is -0.284. The van der Waals surface area contributed by atoms with Crippen LogP contribution in [0.3, 0.4) is 0 Å². The summed E-state index contributed by atoms with van der Waals surface area (Å²) in [6.45, 7) is 0.264. The van der Waals surface area contributed by atoms with E-state index in [1.807, 2.05) is 48.5 Å². The summed E-state index contributed by atoms with van der Waals surface area (Å²) >= 11 is 0. The highest BCUT2D eigenvalue weighted by molar-refractivity contribution is 5.91. The topological polar surface area (TPSA) is 67.4 Å². The molecule has 0 spiro atoms. The zero-order chi connectivity index (χ0) is 16.3. The van der Waals surface area contributed by atoms with Gasteiger partial charge in [0.15, 0.2) is 0 Å². The molecular formula is C18H20N2O3. The maximum atomic E-state index is 11.6. The highest BCUT2D eigenvalue weighted by Gasteiger charge is 2.05. The van der Waals surface area contributed by atoms with Crippen molar-refractivity contribution in [3.63, 3.8) is 0 Å². The zero-order valence-electron chi connectivity index (χ0n) is 12.8. The van der Waals surface area contributed by atoms with Crippen molar-refractivity contribution in [3.8, 4) is 0 Å². The Morgan fingerprint density at radius 3 is 2.13 bits per heavy atom. The van der Waals surface area contributed by atoms with Crippen LogP contribution >= 0.6 is 0 Å². The fourth-order valence-electron chi connectivity index (χ4n) is 2.00. The summed E-state index contributed by atoms with van der Waals surface area (Å²) in [5, 5.41) is 5.44. The second-order valence-electron chi connectivity index (χ2n) is 4.99. The maximum absolute atomic E-state index is 11.6. The van der Waals surface area contributed by atoms with Crippen LogP contribution in [0.4, 0.5) is 5.69 Å². The van der Waals surface area contributed by atoms with Crippen LogP contribution in [0, 0.1) is 0 Å². The Bertz CT molecular complexity index is 615. The van der Waals surface area contributed by atoms with Crippen LogP contribution in [0.1, 0.15) is 5.56 Å². The van der Waals surface area contributed by atoms with Crippen molar-refractivity contribution in [2.24, 2.45) is 0 Å². The lowest BCUT2D eigenvalue weighted by Gasteiger charge is -2.07. The van der Waals surface area contributed by atoms with Gasteiger partial charge in [0.25, 0.3) is 0 Å². The van der Waals surface area contributed by atoms with Gasteiger partial charge in [-0.2, -0.15) is 0 Å². The summed E-state index contributed by atoms with van der Waals surface area (Å²) in [7, 11) is 0. The Balaban J connectivity index is 1.56. The molecule has 2 amide bonds. The van der Waals surface area contributed by atoms with E-state index in [1.165, 1.54) is 0 Å². The van der Waals surface area contributed by atoms with Gasteiger partial charge in [-0.25, -0.2) is 0 Å². The van der Waals surface area contributed by atoms with E-state index >= 15 is 0 Å². The number of ether oxygens (including phenoxy) is 1. The van der Waals surface area contributed by atoms with E-state index in [0.29, 0.717) is 12.2 Å². The largest absolute Gasteiger partial charge is 0.362 e. The van der Waals surface area contributed by atoms with Gasteiger partial charge in [-0.15, -0.1) is 0 Å². The van der Waals surface area contributed by atoms with Gasteiger partial charge in [0.1, 0.15) is 13.2 Å². The van der Waals surface area contributed by atoms with E-state index in [4.69, 9.17) is 4.74 Å². The predicted octanol–water partition coefficient (Wildman–Crippen LogP) is 2.00. The van der Waals surface area contributed by atoms with Gasteiger partial charge in [0.05, 0.1) is 0 Å². The highest BCUT2D eigenvalue weighted by Crippen LogP contribution is 2.04. The Morgan fingerprint density at radius 2 is 1.43 bits per heavy atom. The molecule has 0 atom stereocenters. The quantitative estimate of drug-likeness (QED) is 0.783. The second kappa shape index (κ2) is 9.38. The van der Waals surface area contributed by atoms with Gasteiger partial charge in [0.2, 0.25) is 11.8 Å². The van der Waals surface area contributed by atoms with Gasteiger partial charge in [-0.1, -0.05) is 48.5 Å². The first-order chi connectivity index (χ1) is 11.2. The van der Waals surface area contributed by atoms with E-state index in [2.05, 4.69) is 10.6 Å². The SMILES string of the molecule is O=C(COCC(=O)Nc1ccccc1)NCCc1ccccc1. The molecule has 0 radical (unpaired) electrons. The number of hydrogen-bond donors (Lipinski definition) is 2. The van der Waals surface area contributed by atoms with Crippen molar-refractivity contribution in [3.05, 3.63) is 66.2 Å². The summed E-state index contributed by atoms with van der Waals surface area (Å²) in [6, 6.07) is 19.0. The molecule has 0 aliphatic rings. The molecule has 2 rings (SSSR count). The third-order valence-electron chi connectivity index (χ3n) is 3.10. The van der Waals surface area contributed by atoms with E-state index in [-0.39, 0.29) is 25.0 Å². The normalized spacial score (nSPS) is 10.1. The van der Waals surface area contributed by atoms with E-state index in [9.17, 15) is 9.59 Å². The first kappa shape index (κ1) is 16.7. The number of nitrogens with one attached hydrogen (secondary N) is 2. The van der Waals surface area contributed by atoms with Crippen molar-refractivity contribution in [1.82, 2.24) is 5.32 Å². The van der Waals surface area contributed by atoms with Gasteiger partial charge in [-0.05, 0) is 24.1 Å². The minimum absolute atomic E-state index is 0.128. The summed E-state index contributed by atoms with van der Waals surface area (Å²) < 4.78 is 5.11. The van der Waals surface area contributed by atoms with Gasteiger partial charge in [0, 0.05) is 12.2 Å². The summed E-state index contributed by atoms with van der Waals surface area (Å²) in [5.41, 5.74) is 1.87. The predicted molar refractivity (Wildman–Crippen MR) is 89.0 cm³/mol. The van der Waals surface area contributed by atoms with Crippen molar-refractivity contribution >= 4 is 17.5 Å². The molecule has 0 saturated heterocycles. The van der Waals surface area contributed by atoms with Gasteiger partial charge >= 0.3 is 0 Å². The smallest absolute Gasteiger partial charge is 0.250 e. The third kappa shape index (κ3) is 6.76. The molecule has 2 aromatic rings. The first-order valence-electron chi connectivity index (χ1n) is 7.47. The molecule has 0 saturated carbocycles. The fraction of sp³-hybridized carbons (Fsp3) is 0.222. The van der Waals surface area contributed by atoms with Crippen molar-refractivity contribution in [1.29, 1.82) is 0 Å². The summed E-state index contributed by atoms with van der Waals surface area (Å²) in [4.78, 5) is 23.2. The first-order valence-corrected chi connectivity index (χ1v) is 7.47. The molecule has 0 unspecified atom stereocenters. The molecule has 120 valence electrons. The number of amides is 2. The van der Waals surface area contributed by atoms with Crippen molar-refractivity contribution in [2.75, 3.05) is 25.1 Å². The number of benzene rings is 2. The summed E-state index contributed by atoms with van der Waals surface area (Å²) in [5.74, 6) is -0.512. The average molecular weight is 312 g/mol. The van der Waals surface area contributed by atoms with Crippen LogP contribution in [0.2, 0.25) is 0 Å². The maximum Gasteiger partial charge on any atom is 0.250 e. The lowest BCUT2D eigenvalue weighted by atomic mass is 10.1. The van der Waals surface area contributed by atoms with Crippen molar-refractivity contribution in [2.45, 2.75) is 6.42 Å². The van der Waals surface area contributed by atoms with Crippen molar-refractivity contribution < 1.29 is 14.3 Å². The van der Waals surface area contributed by atoms with Gasteiger partial charge < -0.3 is 15.4 Å². The lowest BCUT2D eigenvalue weighted by Crippen LogP contribution is -2.31. The van der Waals surface area contributed by atoms with E-state index < -0.39 is 0 Å². The standard InChI is InChI=1S/C18H20N2O3/c21-17(19-12-11-15-7-3-1-4-8-15)13-23-14-18(22)20-16-9-5-2-6-10-16/h1-10H,11-14H2,(H,19,21)(H,20,22). The van der Waals surface area contributed by atoms with E-state index in [1.54, 1.807) is 12.1 Å². The van der Waals surface area contributed by atoms with Crippen LogP contribution in [0.15, 0.2) is 60.7 Å². The molecule has 5 nitrogen and oxygen atoms in total. The van der Waals surface area contributed by atoms with Crippen LogP contribution < -0.4 is 10.6 Å². The lowest BCUT2D eigenvalue weighted by molar-refractivity contribution is -0.128. The Morgan fingerprint density at radius 1 is 0.826 bits per heavy atom. The Labute approximate surface area is 135 Å². The molecule has 23 heavy (non-hydrogen) atoms. The number of rotatable bonds is 8. The van der Waals surface area contributed by atoms with Crippen LogP contribution in [0.25, 0.3) is 0 Å². The number of carbonyl (C=O) groups is 2. The molecule has 0 aliphatic heterocycles. The van der Waals surface area contributed by atoms with Crippen LogP contribution in [-0.2, 0) is 20.7 Å². The fourth-order valence-corrected chi connectivity index (χ4v) is 2.00. The second-order valence-corrected chi connectivity index (χ2v) is 4.99. The minimum Gasteiger partial charge on any atom is -0.362 e. The molecule has 0 heterocycles. The molecule has 5 heteroatoms. The molecule has 0 fully saturated rings. The Hall–Kier alpha value is -2.66. The summed E-state index contributed by atoms with van der Waals surface area (Å²) in [6.07, 6.45) is 0.765. The number of hydrogen-bond acceptors (Lipinski definition) is 3. The number of anilines is 1. The number of para-hydroxylation sites is 1. The van der Waals surface area contributed by atoms with Crippen LogP contribution in [-0.4, -0.2) is 31.6 Å². The van der Waals surface area contributed by atoms with Gasteiger partial charge in [-0.3, -0.25) is 9.59 Å². The zero-order valence-corrected chi connectivity index (χ0v) is 12.8.